The van der Waals surface area contributed by atoms with Gasteiger partial charge in [0, 0.05) is 11.4 Å². The fraction of sp³-hybridized carbons (Fsp3) is 0.111. The van der Waals surface area contributed by atoms with Crippen molar-refractivity contribution < 1.29 is 9.53 Å². The molecule has 0 aliphatic rings. The van der Waals surface area contributed by atoms with Gasteiger partial charge >= 0.3 is 5.97 Å². The van der Waals surface area contributed by atoms with Gasteiger partial charge < -0.3 is 4.74 Å². The third kappa shape index (κ3) is 2.30. The van der Waals surface area contributed by atoms with Crippen molar-refractivity contribution in [2.24, 2.45) is 0 Å². The monoisotopic (exact) mass is 239 g/mol. The van der Waals surface area contributed by atoms with Crippen LogP contribution in [0.25, 0.3) is 0 Å². The molecule has 1 aromatic rings. The maximum absolute atomic E-state index is 10.6. The second kappa shape index (κ2) is 4.06. The Kier molecular flexibility index (Phi) is 3.04. The second-order valence-electron chi connectivity index (χ2n) is 2.32. The van der Waals surface area contributed by atoms with E-state index in [1.54, 1.807) is 18.2 Å². The number of hydrogen-bond donors (Lipinski definition) is 0. The molecule has 0 fully saturated rings. The van der Waals surface area contributed by atoms with Crippen LogP contribution in [0.15, 0.2) is 22.7 Å². The van der Waals surface area contributed by atoms with E-state index in [-0.39, 0.29) is 5.75 Å². The van der Waals surface area contributed by atoms with Crippen molar-refractivity contribution in [3.8, 4) is 11.8 Å². The molecule has 3 nitrogen and oxygen atoms in total. The highest BCUT2D eigenvalue weighted by atomic mass is 79.9. The number of esters is 1. The van der Waals surface area contributed by atoms with Crippen LogP contribution in [0.3, 0.4) is 0 Å². The van der Waals surface area contributed by atoms with Crippen molar-refractivity contribution in [1.82, 2.24) is 0 Å². The van der Waals surface area contributed by atoms with Crippen LogP contribution in [0.1, 0.15) is 12.5 Å². The lowest BCUT2D eigenvalue weighted by Crippen LogP contribution is -2.03. The Morgan fingerprint density at radius 3 is 2.85 bits per heavy atom. The Bertz CT molecular complexity index is 382. The first-order valence-corrected chi connectivity index (χ1v) is 4.31. The number of benzene rings is 1. The Morgan fingerprint density at radius 2 is 2.31 bits per heavy atom. The smallest absolute Gasteiger partial charge is 0.308 e. The summed E-state index contributed by atoms with van der Waals surface area (Å²) in [4.78, 5) is 10.6. The van der Waals surface area contributed by atoms with Crippen LogP contribution in [-0.4, -0.2) is 5.97 Å². The molecule has 0 bridgehead atoms. The molecule has 0 heterocycles. The van der Waals surface area contributed by atoms with Crippen LogP contribution in [0.4, 0.5) is 0 Å². The zero-order chi connectivity index (χ0) is 9.84. The molecule has 0 spiro atoms. The summed E-state index contributed by atoms with van der Waals surface area (Å²) in [5, 5.41) is 8.74. The van der Waals surface area contributed by atoms with Gasteiger partial charge in [-0.25, -0.2) is 0 Å². The molecule has 0 amide bonds. The lowest BCUT2D eigenvalue weighted by atomic mass is 10.2. The zero-order valence-electron chi connectivity index (χ0n) is 6.87. The van der Waals surface area contributed by atoms with Crippen LogP contribution >= 0.6 is 15.9 Å². The molecule has 0 saturated heterocycles. The van der Waals surface area contributed by atoms with Crippen LogP contribution in [0, 0.1) is 11.3 Å². The van der Waals surface area contributed by atoms with Crippen molar-refractivity contribution in [3.05, 3.63) is 28.2 Å². The van der Waals surface area contributed by atoms with Crippen LogP contribution in [-0.2, 0) is 4.79 Å². The molecule has 4 heteroatoms. The molecule has 0 aliphatic heterocycles. The summed E-state index contributed by atoms with van der Waals surface area (Å²) in [5.41, 5.74) is 0.331. The highest BCUT2D eigenvalue weighted by Crippen LogP contribution is 2.25. The topological polar surface area (TPSA) is 50.1 Å². The van der Waals surface area contributed by atoms with E-state index in [2.05, 4.69) is 15.9 Å². The summed E-state index contributed by atoms with van der Waals surface area (Å²) in [6.45, 7) is 1.29. The highest BCUT2D eigenvalue weighted by molar-refractivity contribution is 9.10. The van der Waals surface area contributed by atoms with E-state index in [9.17, 15) is 4.79 Å². The standard InChI is InChI=1S/C9H6BrNO2/c1-6(12)13-9-4-2-3-8(10)7(9)5-11/h2-4H,1H3. The molecule has 0 aliphatic carbocycles. The Morgan fingerprint density at radius 1 is 1.62 bits per heavy atom. The predicted octanol–water partition coefficient (Wildman–Crippen LogP) is 2.25. The molecule has 0 saturated carbocycles. The Labute approximate surface area is 84.1 Å². The van der Waals surface area contributed by atoms with Gasteiger partial charge in [0.15, 0.2) is 0 Å². The summed E-state index contributed by atoms with van der Waals surface area (Å²) in [5.74, 6) is -0.154. The van der Waals surface area contributed by atoms with Crippen molar-refractivity contribution in [1.29, 1.82) is 5.26 Å². The number of nitrogens with zero attached hydrogens (tertiary/aromatic N) is 1. The third-order valence-electron chi connectivity index (χ3n) is 1.34. The molecule has 66 valence electrons. The first-order chi connectivity index (χ1) is 6.15. The Hall–Kier alpha value is -1.34. The lowest BCUT2D eigenvalue weighted by molar-refractivity contribution is -0.131. The summed E-state index contributed by atoms with van der Waals surface area (Å²) in [6, 6.07) is 6.93. The summed E-state index contributed by atoms with van der Waals surface area (Å²) < 4.78 is 5.44. The summed E-state index contributed by atoms with van der Waals surface area (Å²) in [7, 11) is 0. The second-order valence-corrected chi connectivity index (χ2v) is 3.17. The van der Waals surface area contributed by atoms with Crippen LogP contribution in [0.2, 0.25) is 0 Å². The minimum atomic E-state index is -0.436. The Balaban J connectivity index is 3.14. The number of hydrogen-bond acceptors (Lipinski definition) is 3. The average Bonchev–Trinajstić information content (AvgIpc) is 2.03. The SMILES string of the molecule is CC(=O)Oc1cccc(Br)c1C#N. The quantitative estimate of drug-likeness (QED) is 0.558. The maximum atomic E-state index is 10.6. The van der Waals surface area contributed by atoms with Gasteiger partial charge in [-0.2, -0.15) is 5.26 Å². The van der Waals surface area contributed by atoms with Crippen LogP contribution in [0.5, 0.6) is 5.75 Å². The van der Waals surface area contributed by atoms with Crippen molar-refractivity contribution in [2.75, 3.05) is 0 Å². The van der Waals surface area contributed by atoms with E-state index < -0.39 is 5.97 Å². The molecule has 0 aromatic heterocycles. The first-order valence-electron chi connectivity index (χ1n) is 3.52. The van der Waals surface area contributed by atoms with E-state index in [0.717, 1.165) is 0 Å². The summed E-state index contributed by atoms with van der Waals surface area (Å²) >= 11 is 3.18. The van der Waals surface area contributed by atoms with Crippen molar-refractivity contribution in [3.63, 3.8) is 0 Å². The minimum absolute atomic E-state index is 0.282. The van der Waals surface area contributed by atoms with Gasteiger partial charge in [0.25, 0.3) is 0 Å². The average molecular weight is 240 g/mol. The number of ether oxygens (including phenoxy) is 1. The predicted molar refractivity (Wildman–Crippen MR) is 50.2 cm³/mol. The molecule has 1 rings (SSSR count). The number of nitriles is 1. The zero-order valence-corrected chi connectivity index (χ0v) is 8.46. The molecule has 1 aromatic carbocycles. The van der Waals surface area contributed by atoms with E-state index >= 15 is 0 Å². The summed E-state index contributed by atoms with van der Waals surface area (Å²) in [6.07, 6.45) is 0. The van der Waals surface area contributed by atoms with E-state index in [4.69, 9.17) is 10.00 Å². The van der Waals surface area contributed by atoms with E-state index in [0.29, 0.717) is 10.0 Å². The first kappa shape index (κ1) is 9.75. The normalized spacial score (nSPS) is 9.00. The fourth-order valence-electron chi connectivity index (χ4n) is 0.853. The molecule has 0 unspecified atom stereocenters. The van der Waals surface area contributed by atoms with Gasteiger partial charge in [-0.05, 0) is 28.1 Å². The van der Waals surface area contributed by atoms with Gasteiger partial charge in [-0.15, -0.1) is 0 Å². The number of rotatable bonds is 1. The van der Waals surface area contributed by atoms with E-state index in [1.807, 2.05) is 6.07 Å². The highest BCUT2D eigenvalue weighted by Gasteiger charge is 2.08. The van der Waals surface area contributed by atoms with Gasteiger partial charge in [0.05, 0.1) is 0 Å². The lowest BCUT2D eigenvalue weighted by Gasteiger charge is -2.03. The molecular formula is C9H6BrNO2. The number of halogens is 1. The minimum Gasteiger partial charge on any atom is -0.425 e. The van der Waals surface area contributed by atoms with E-state index in [1.165, 1.54) is 6.92 Å². The number of carbonyl (C=O) groups excluding carboxylic acids is 1. The van der Waals surface area contributed by atoms with Gasteiger partial charge in [0.2, 0.25) is 0 Å². The fourth-order valence-corrected chi connectivity index (χ4v) is 1.29. The third-order valence-corrected chi connectivity index (χ3v) is 2.00. The van der Waals surface area contributed by atoms with Crippen LogP contribution < -0.4 is 4.74 Å². The molecular weight excluding hydrogens is 234 g/mol. The largest absolute Gasteiger partial charge is 0.425 e. The maximum Gasteiger partial charge on any atom is 0.308 e. The molecule has 13 heavy (non-hydrogen) atoms. The number of carbonyl (C=O) groups is 1. The molecule has 0 N–H and O–H groups in total. The molecule has 0 radical (unpaired) electrons. The van der Waals surface area contributed by atoms with Crippen molar-refractivity contribution >= 4 is 21.9 Å². The van der Waals surface area contributed by atoms with Gasteiger partial charge in [-0.3, -0.25) is 4.79 Å². The molecule has 0 atom stereocenters. The van der Waals surface area contributed by atoms with Gasteiger partial charge in [-0.1, -0.05) is 6.07 Å². The van der Waals surface area contributed by atoms with Crippen molar-refractivity contribution in [2.45, 2.75) is 6.92 Å². The van der Waals surface area contributed by atoms with Gasteiger partial charge in [0.1, 0.15) is 17.4 Å².